The number of nitrogens with one attached hydrogen (secondary N) is 2. The molecule has 0 aliphatic rings. The molecule has 6 nitrogen and oxygen atoms in total. The zero-order valence-corrected chi connectivity index (χ0v) is 11.3. The van der Waals surface area contributed by atoms with Crippen LogP contribution < -0.4 is 10.6 Å². The molecule has 1 aromatic rings. The molecule has 0 unspecified atom stereocenters. The first-order valence-corrected chi connectivity index (χ1v) is 6.55. The van der Waals surface area contributed by atoms with E-state index in [0.717, 1.165) is 18.4 Å². The molecule has 1 aromatic carbocycles. The molecule has 0 aromatic heterocycles. The highest BCUT2D eigenvalue weighted by molar-refractivity contribution is 5.69. The summed E-state index contributed by atoms with van der Waals surface area (Å²) in [6.45, 7) is 1.36. The van der Waals surface area contributed by atoms with Crippen molar-refractivity contribution < 1.29 is 19.4 Å². The lowest BCUT2D eigenvalue weighted by Crippen LogP contribution is -2.27. The molecule has 20 heavy (non-hydrogen) atoms. The molecule has 3 N–H and O–H groups in total. The molecule has 110 valence electrons. The van der Waals surface area contributed by atoms with Gasteiger partial charge in [-0.3, -0.25) is 4.79 Å². The van der Waals surface area contributed by atoms with Gasteiger partial charge in [0.15, 0.2) is 0 Å². The molecule has 0 bridgehead atoms. The van der Waals surface area contributed by atoms with Crippen LogP contribution in [-0.2, 0) is 16.1 Å². The molecule has 0 saturated heterocycles. The molecule has 0 aliphatic carbocycles. The molecule has 0 saturated carbocycles. The van der Waals surface area contributed by atoms with E-state index in [1.54, 1.807) is 0 Å². The van der Waals surface area contributed by atoms with E-state index >= 15 is 0 Å². The molecule has 0 fully saturated rings. The summed E-state index contributed by atoms with van der Waals surface area (Å²) in [4.78, 5) is 21.6. The predicted molar refractivity (Wildman–Crippen MR) is 74.4 cm³/mol. The number of ether oxygens (including phenoxy) is 1. The smallest absolute Gasteiger partial charge is 0.407 e. The Balaban J connectivity index is 1.96. The van der Waals surface area contributed by atoms with Crippen LogP contribution >= 0.6 is 0 Å². The van der Waals surface area contributed by atoms with E-state index in [-0.39, 0.29) is 13.2 Å². The largest absolute Gasteiger partial charge is 0.480 e. The summed E-state index contributed by atoms with van der Waals surface area (Å²) >= 11 is 0. The average Bonchev–Trinajstić information content (AvgIpc) is 2.45. The quantitative estimate of drug-likeness (QED) is 0.595. The molecule has 0 atom stereocenters. The fourth-order valence-corrected chi connectivity index (χ4v) is 1.53. The fourth-order valence-electron chi connectivity index (χ4n) is 1.53. The third kappa shape index (κ3) is 8.10. The Morgan fingerprint density at radius 3 is 2.50 bits per heavy atom. The number of unbranched alkanes of at least 4 members (excludes halogenated alkanes) is 1. The molecule has 0 aliphatic heterocycles. The van der Waals surface area contributed by atoms with E-state index in [0.29, 0.717) is 13.1 Å². The SMILES string of the molecule is O=C(O)CNCCCCNC(=O)OCc1ccccc1. The molecule has 0 heterocycles. The van der Waals surface area contributed by atoms with E-state index < -0.39 is 12.1 Å². The number of carboxylic acids is 1. The van der Waals surface area contributed by atoms with Crippen molar-refractivity contribution in [2.45, 2.75) is 19.4 Å². The van der Waals surface area contributed by atoms with Crippen LogP contribution in [0.2, 0.25) is 0 Å². The summed E-state index contributed by atoms with van der Waals surface area (Å²) in [7, 11) is 0. The van der Waals surface area contributed by atoms with Crippen LogP contribution in [0.5, 0.6) is 0 Å². The van der Waals surface area contributed by atoms with Gasteiger partial charge in [-0.15, -0.1) is 0 Å². The van der Waals surface area contributed by atoms with Crippen molar-refractivity contribution in [3.05, 3.63) is 35.9 Å². The zero-order chi connectivity index (χ0) is 14.6. The first kappa shape index (κ1) is 16.0. The summed E-state index contributed by atoms with van der Waals surface area (Å²) in [5, 5.41) is 13.8. The predicted octanol–water partition coefficient (Wildman–Crippen LogP) is 1.37. The Labute approximate surface area is 118 Å². The lowest BCUT2D eigenvalue weighted by molar-refractivity contribution is -0.135. The number of aliphatic carboxylic acids is 1. The number of carbonyl (C=O) groups excluding carboxylic acids is 1. The summed E-state index contributed by atoms with van der Waals surface area (Å²) in [5.41, 5.74) is 0.945. The number of carbonyl (C=O) groups is 2. The van der Waals surface area contributed by atoms with Crippen LogP contribution in [0.25, 0.3) is 0 Å². The van der Waals surface area contributed by atoms with Crippen molar-refractivity contribution >= 4 is 12.1 Å². The lowest BCUT2D eigenvalue weighted by Gasteiger charge is -2.07. The highest BCUT2D eigenvalue weighted by atomic mass is 16.5. The topological polar surface area (TPSA) is 87.7 Å². The fraction of sp³-hybridized carbons (Fsp3) is 0.429. The van der Waals surface area contributed by atoms with E-state index in [9.17, 15) is 9.59 Å². The Morgan fingerprint density at radius 1 is 1.10 bits per heavy atom. The van der Waals surface area contributed by atoms with Gasteiger partial charge in [0.25, 0.3) is 0 Å². The third-order valence-electron chi connectivity index (χ3n) is 2.54. The summed E-state index contributed by atoms with van der Waals surface area (Å²) in [6.07, 6.45) is 1.13. The van der Waals surface area contributed by atoms with E-state index in [1.165, 1.54) is 0 Å². The summed E-state index contributed by atoms with van der Waals surface area (Å²) in [6, 6.07) is 9.46. The normalized spacial score (nSPS) is 10.0. The van der Waals surface area contributed by atoms with Gasteiger partial charge in [-0.1, -0.05) is 30.3 Å². The van der Waals surface area contributed by atoms with Crippen molar-refractivity contribution in [2.75, 3.05) is 19.6 Å². The molecule has 6 heteroatoms. The van der Waals surface area contributed by atoms with Gasteiger partial charge in [0, 0.05) is 6.54 Å². The average molecular weight is 280 g/mol. The summed E-state index contributed by atoms with van der Waals surface area (Å²) < 4.78 is 5.04. The van der Waals surface area contributed by atoms with Crippen LogP contribution in [0.15, 0.2) is 30.3 Å². The van der Waals surface area contributed by atoms with Crippen LogP contribution in [0.3, 0.4) is 0 Å². The molecule has 1 amide bonds. The van der Waals surface area contributed by atoms with Crippen molar-refractivity contribution in [3.8, 4) is 0 Å². The highest BCUT2D eigenvalue weighted by Gasteiger charge is 2.01. The first-order valence-electron chi connectivity index (χ1n) is 6.55. The van der Waals surface area contributed by atoms with Crippen LogP contribution in [0.4, 0.5) is 4.79 Å². The molecular formula is C14H20N2O4. The number of benzene rings is 1. The van der Waals surface area contributed by atoms with E-state index in [1.807, 2.05) is 30.3 Å². The Hall–Kier alpha value is -2.08. The molecular weight excluding hydrogens is 260 g/mol. The van der Waals surface area contributed by atoms with Crippen molar-refractivity contribution in [1.29, 1.82) is 0 Å². The lowest BCUT2D eigenvalue weighted by atomic mass is 10.2. The highest BCUT2D eigenvalue weighted by Crippen LogP contribution is 2.00. The standard InChI is InChI=1S/C14H20N2O4/c17-13(18)10-15-8-4-5-9-16-14(19)20-11-12-6-2-1-3-7-12/h1-3,6-7,15H,4-5,8-11H2,(H,16,19)(H,17,18). The maximum atomic E-state index is 11.4. The molecule has 0 radical (unpaired) electrons. The number of hydrogen-bond acceptors (Lipinski definition) is 4. The van der Waals surface area contributed by atoms with Crippen molar-refractivity contribution in [1.82, 2.24) is 10.6 Å². The number of hydrogen-bond donors (Lipinski definition) is 3. The van der Waals surface area contributed by atoms with Gasteiger partial charge in [0.2, 0.25) is 0 Å². The first-order chi connectivity index (χ1) is 9.68. The van der Waals surface area contributed by atoms with Crippen LogP contribution in [0, 0.1) is 0 Å². The van der Waals surface area contributed by atoms with Gasteiger partial charge in [-0.25, -0.2) is 4.79 Å². The maximum absolute atomic E-state index is 11.4. The number of alkyl carbamates (subject to hydrolysis) is 1. The van der Waals surface area contributed by atoms with Gasteiger partial charge in [0.1, 0.15) is 6.61 Å². The van der Waals surface area contributed by atoms with Crippen LogP contribution in [-0.4, -0.2) is 36.8 Å². The molecule has 1 rings (SSSR count). The minimum atomic E-state index is -0.868. The minimum absolute atomic E-state index is 0.0352. The number of carboxylic acid groups (broad SMARTS) is 1. The van der Waals surface area contributed by atoms with Crippen molar-refractivity contribution in [2.24, 2.45) is 0 Å². The van der Waals surface area contributed by atoms with Gasteiger partial charge in [-0.05, 0) is 24.9 Å². The zero-order valence-electron chi connectivity index (χ0n) is 11.3. The summed E-state index contributed by atoms with van der Waals surface area (Å²) in [5.74, 6) is -0.868. The van der Waals surface area contributed by atoms with E-state index in [4.69, 9.17) is 9.84 Å². The third-order valence-corrected chi connectivity index (χ3v) is 2.54. The van der Waals surface area contributed by atoms with Crippen molar-refractivity contribution in [3.63, 3.8) is 0 Å². The monoisotopic (exact) mass is 280 g/mol. The van der Waals surface area contributed by atoms with Gasteiger partial charge >= 0.3 is 12.1 Å². The molecule has 0 spiro atoms. The van der Waals surface area contributed by atoms with Gasteiger partial charge in [0.05, 0.1) is 6.54 Å². The number of rotatable bonds is 9. The maximum Gasteiger partial charge on any atom is 0.407 e. The Kier molecular flexibility index (Phi) is 7.83. The van der Waals surface area contributed by atoms with Gasteiger partial charge in [-0.2, -0.15) is 0 Å². The second-order valence-electron chi connectivity index (χ2n) is 4.27. The van der Waals surface area contributed by atoms with E-state index in [2.05, 4.69) is 10.6 Å². The minimum Gasteiger partial charge on any atom is -0.480 e. The number of amides is 1. The van der Waals surface area contributed by atoms with Gasteiger partial charge < -0.3 is 20.5 Å². The second kappa shape index (κ2) is 9.80. The Morgan fingerprint density at radius 2 is 1.80 bits per heavy atom. The Bertz CT molecular complexity index is 409. The second-order valence-corrected chi connectivity index (χ2v) is 4.27. The van der Waals surface area contributed by atoms with Crippen LogP contribution in [0.1, 0.15) is 18.4 Å².